The quantitative estimate of drug-likeness (QED) is 0.930. The monoisotopic (exact) mass is 298 g/mol. The summed E-state index contributed by atoms with van der Waals surface area (Å²) in [6.07, 6.45) is -7.47. The van der Waals surface area contributed by atoms with E-state index in [9.17, 15) is 13.2 Å². The molecule has 0 amide bonds. The molecule has 6 heteroatoms. The predicted octanol–water partition coefficient (Wildman–Crippen LogP) is 2.92. The molecule has 0 unspecified atom stereocenters. The van der Waals surface area contributed by atoms with E-state index in [0.717, 1.165) is 0 Å². The molecule has 0 heterocycles. The summed E-state index contributed by atoms with van der Waals surface area (Å²) in [5.41, 5.74) is 0.351. The number of aliphatic hydroxyl groups is 1. The van der Waals surface area contributed by atoms with Gasteiger partial charge in [0.2, 0.25) is 0 Å². The normalized spacial score (nSPS) is 13.6. The van der Waals surface area contributed by atoms with Gasteiger partial charge in [-0.2, -0.15) is 13.2 Å². The minimum absolute atomic E-state index is 0.351. The fraction of sp³-hybridized carbons (Fsp3) is 0.400. The Kier molecular flexibility index (Phi) is 4.21. The van der Waals surface area contributed by atoms with E-state index in [4.69, 9.17) is 9.84 Å². The lowest BCUT2D eigenvalue weighted by Gasteiger charge is -2.15. The molecule has 0 aliphatic heterocycles. The highest BCUT2D eigenvalue weighted by molar-refractivity contribution is 9.10. The molecule has 0 saturated carbocycles. The number of alkyl halides is 3. The van der Waals surface area contributed by atoms with Gasteiger partial charge in [-0.1, -0.05) is 15.9 Å². The van der Waals surface area contributed by atoms with Crippen molar-refractivity contribution >= 4 is 15.9 Å². The molecular weight excluding hydrogens is 289 g/mol. The molecule has 0 aliphatic rings. The topological polar surface area (TPSA) is 29.5 Å². The van der Waals surface area contributed by atoms with Crippen LogP contribution < -0.4 is 4.74 Å². The summed E-state index contributed by atoms with van der Waals surface area (Å²) < 4.78 is 41.9. The maximum absolute atomic E-state index is 12.2. The zero-order valence-corrected chi connectivity index (χ0v) is 9.97. The third-order valence-corrected chi connectivity index (χ3v) is 2.82. The number of benzene rings is 1. The highest BCUT2D eigenvalue weighted by Gasteiger charge is 2.38. The Morgan fingerprint density at radius 3 is 2.56 bits per heavy atom. The van der Waals surface area contributed by atoms with Gasteiger partial charge in [0, 0.05) is 10.9 Å². The molecule has 90 valence electrons. The van der Waals surface area contributed by atoms with Crippen molar-refractivity contribution in [2.24, 2.45) is 0 Å². The van der Waals surface area contributed by atoms with Crippen molar-refractivity contribution in [1.82, 2.24) is 0 Å². The van der Waals surface area contributed by atoms with E-state index >= 15 is 0 Å². The maximum atomic E-state index is 12.2. The van der Waals surface area contributed by atoms with Crippen LogP contribution in [0.5, 0.6) is 5.75 Å². The van der Waals surface area contributed by atoms with Crippen LogP contribution >= 0.6 is 15.9 Å². The molecule has 0 aromatic heterocycles. The maximum Gasteiger partial charge on any atom is 0.414 e. The summed E-state index contributed by atoms with van der Waals surface area (Å²) in [7, 11) is 1.42. The lowest BCUT2D eigenvalue weighted by molar-refractivity contribution is -0.203. The molecule has 16 heavy (non-hydrogen) atoms. The Balaban J connectivity index is 2.88. The van der Waals surface area contributed by atoms with Crippen LogP contribution in [0.25, 0.3) is 0 Å². The Labute approximate surface area is 99.2 Å². The number of ether oxygens (including phenoxy) is 1. The van der Waals surface area contributed by atoms with Crippen molar-refractivity contribution < 1.29 is 23.0 Å². The van der Waals surface area contributed by atoms with E-state index in [0.29, 0.717) is 15.8 Å². The molecule has 0 radical (unpaired) electrons. The second-order valence-electron chi connectivity index (χ2n) is 3.22. The van der Waals surface area contributed by atoms with Crippen molar-refractivity contribution in [3.63, 3.8) is 0 Å². The van der Waals surface area contributed by atoms with Crippen LogP contribution in [0.3, 0.4) is 0 Å². The molecule has 0 bridgehead atoms. The number of halogens is 4. The van der Waals surface area contributed by atoms with E-state index < -0.39 is 18.7 Å². The van der Waals surface area contributed by atoms with Crippen LogP contribution in [-0.2, 0) is 6.42 Å². The highest BCUT2D eigenvalue weighted by Crippen LogP contribution is 2.28. The van der Waals surface area contributed by atoms with Gasteiger partial charge in [-0.05, 0) is 23.8 Å². The van der Waals surface area contributed by atoms with E-state index in [1.165, 1.54) is 13.2 Å². The van der Waals surface area contributed by atoms with Gasteiger partial charge < -0.3 is 9.84 Å². The Bertz CT molecular complexity index is 366. The van der Waals surface area contributed by atoms with Crippen LogP contribution in [0, 0.1) is 0 Å². The summed E-state index contributed by atoms with van der Waals surface area (Å²) in [6, 6.07) is 4.66. The number of methoxy groups -OCH3 is 1. The first-order valence-electron chi connectivity index (χ1n) is 4.42. The van der Waals surface area contributed by atoms with Crippen molar-refractivity contribution in [1.29, 1.82) is 0 Å². The molecule has 0 aliphatic carbocycles. The minimum atomic E-state index is -4.61. The van der Waals surface area contributed by atoms with Crippen LogP contribution in [0.4, 0.5) is 13.2 Å². The summed E-state index contributed by atoms with van der Waals surface area (Å²) >= 11 is 3.12. The van der Waals surface area contributed by atoms with E-state index in [2.05, 4.69) is 15.9 Å². The number of hydrogen-bond acceptors (Lipinski definition) is 2. The molecule has 1 N–H and O–H groups in total. The van der Waals surface area contributed by atoms with Gasteiger partial charge in [-0.3, -0.25) is 0 Å². The first-order chi connectivity index (χ1) is 7.34. The van der Waals surface area contributed by atoms with Crippen molar-refractivity contribution in [3.8, 4) is 5.75 Å². The van der Waals surface area contributed by atoms with E-state index in [1.807, 2.05) is 0 Å². The summed E-state index contributed by atoms with van der Waals surface area (Å²) in [4.78, 5) is 0. The van der Waals surface area contributed by atoms with Crippen molar-refractivity contribution in [2.45, 2.75) is 18.7 Å². The van der Waals surface area contributed by atoms with Gasteiger partial charge in [0.05, 0.1) is 7.11 Å². The van der Waals surface area contributed by atoms with Crippen LogP contribution in [-0.4, -0.2) is 24.5 Å². The Morgan fingerprint density at radius 1 is 1.44 bits per heavy atom. The predicted molar refractivity (Wildman–Crippen MR) is 56.5 cm³/mol. The fourth-order valence-electron chi connectivity index (χ4n) is 1.16. The van der Waals surface area contributed by atoms with Crippen LogP contribution in [0.2, 0.25) is 0 Å². The van der Waals surface area contributed by atoms with Gasteiger partial charge >= 0.3 is 6.18 Å². The molecule has 0 saturated heterocycles. The van der Waals surface area contributed by atoms with E-state index in [-0.39, 0.29) is 0 Å². The Hall–Kier alpha value is -0.750. The second-order valence-corrected chi connectivity index (χ2v) is 4.07. The molecule has 2 nitrogen and oxygen atoms in total. The average molecular weight is 299 g/mol. The van der Waals surface area contributed by atoms with Gasteiger partial charge in [-0.15, -0.1) is 0 Å². The largest absolute Gasteiger partial charge is 0.497 e. The first kappa shape index (κ1) is 13.3. The highest BCUT2D eigenvalue weighted by atomic mass is 79.9. The van der Waals surface area contributed by atoms with Gasteiger partial charge in [-0.25, -0.2) is 0 Å². The van der Waals surface area contributed by atoms with Crippen LogP contribution in [0.1, 0.15) is 5.56 Å². The Morgan fingerprint density at radius 2 is 2.06 bits per heavy atom. The molecule has 1 aromatic carbocycles. The third-order valence-electron chi connectivity index (χ3n) is 2.04. The van der Waals surface area contributed by atoms with Gasteiger partial charge in [0.15, 0.2) is 6.10 Å². The zero-order chi connectivity index (χ0) is 12.3. The molecular formula is C10H10BrF3O2. The lowest BCUT2D eigenvalue weighted by atomic mass is 10.1. The van der Waals surface area contributed by atoms with Crippen LogP contribution in [0.15, 0.2) is 22.7 Å². The number of rotatable bonds is 3. The van der Waals surface area contributed by atoms with Crippen molar-refractivity contribution in [2.75, 3.05) is 7.11 Å². The summed E-state index contributed by atoms with van der Waals surface area (Å²) in [6.45, 7) is 0. The van der Waals surface area contributed by atoms with Gasteiger partial charge in [0.1, 0.15) is 5.75 Å². The second kappa shape index (κ2) is 5.05. The minimum Gasteiger partial charge on any atom is -0.497 e. The summed E-state index contributed by atoms with van der Waals surface area (Å²) in [5, 5.41) is 8.94. The molecule has 0 fully saturated rings. The molecule has 1 aromatic rings. The standard InChI is InChI=1S/C10H10BrF3O2/c1-16-7-2-3-8(11)6(4-7)5-9(15)10(12,13)14/h2-4,9,15H,5H2,1H3/t9-/m1/s1. The number of hydrogen-bond donors (Lipinski definition) is 1. The molecule has 1 atom stereocenters. The molecule has 1 rings (SSSR count). The van der Waals surface area contributed by atoms with Crippen molar-refractivity contribution in [3.05, 3.63) is 28.2 Å². The zero-order valence-electron chi connectivity index (χ0n) is 8.38. The average Bonchev–Trinajstić information content (AvgIpc) is 2.19. The van der Waals surface area contributed by atoms with Gasteiger partial charge in [0.25, 0.3) is 0 Å². The lowest BCUT2D eigenvalue weighted by Crippen LogP contribution is -2.30. The summed E-state index contributed by atoms with van der Waals surface area (Å²) in [5.74, 6) is 0.451. The third kappa shape index (κ3) is 3.38. The SMILES string of the molecule is COc1ccc(Br)c(C[C@@H](O)C(F)(F)F)c1. The smallest absolute Gasteiger partial charge is 0.414 e. The van der Waals surface area contributed by atoms with E-state index in [1.54, 1.807) is 12.1 Å². The first-order valence-corrected chi connectivity index (χ1v) is 5.21. The molecule has 0 spiro atoms. The fourth-order valence-corrected chi connectivity index (χ4v) is 1.57. The number of aliphatic hydroxyl groups excluding tert-OH is 1.